The first-order valence-corrected chi connectivity index (χ1v) is 8.13. The normalized spacial score (nSPS) is 10.4. The van der Waals surface area contributed by atoms with Crippen LogP contribution in [0.2, 0.25) is 0 Å². The van der Waals surface area contributed by atoms with Crippen LogP contribution in [0.3, 0.4) is 0 Å². The monoisotopic (exact) mass is 368 g/mol. The van der Waals surface area contributed by atoms with Crippen molar-refractivity contribution in [1.82, 2.24) is 9.88 Å². The van der Waals surface area contributed by atoms with Crippen molar-refractivity contribution < 1.29 is 4.79 Å². The molecule has 2 rings (SSSR count). The van der Waals surface area contributed by atoms with Gasteiger partial charge in [-0.05, 0) is 18.6 Å². The van der Waals surface area contributed by atoms with Gasteiger partial charge in [-0.1, -0.05) is 45.5 Å². The molecule has 112 valence electrons. The van der Waals surface area contributed by atoms with E-state index in [0.717, 1.165) is 16.6 Å². The molecule has 0 unspecified atom stereocenters. The Hall–Kier alpha value is -1.60. The lowest BCUT2D eigenvalue weighted by Crippen LogP contribution is -2.26. The first kappa shape index (κ1) is 15.8. The fraction of sp³-hybridized carbons (Fsp3) is 0.286. The second-order valence-corrected chi connectivity index (χ2v) is 6.37. The molecule has 0 bridgehead atoms. The van der Waals surface area contributed by atoms with Gasteiger partial charge in [-0.25, -0.2) is 4.98 Å². The predicted molar refractivity (Wildman–Crippen MR) is 90.6 cm³/mol. The van der Waals surface area contributed by atoms with Crippen LogP contribution < -0.4 is 11.1 Å². The summed E-state index contributed by atoms with van der Waals surface area (Å²) in [7, 11) is 1.76. The number of carbonyl (C=O) groups excluding carboxylic acids is 1. The average molecular weight is 369 g/mol. The zero-order chi connectivity index (χ0) is 15.4. The summed E-state index contributed by atoms with van der Waals surface area (Å²) in [6.45, 7) is 3.22. The van der Waals surface area contributed by atoms with Crippen molar-refractivity contribution >= 4 is 44.1 Å². The number of aromatic nitrogens is 1. The molecule has 3 N–H and O–H groups in total. The summed E-state index contributed by atoms with van der Waals surface area (Å²) in [4.78, 5) is 18.7. The highest BCUT2D eigenvalue weighted by atomic mass is 79.9. The van der Waals surface area contributed by atoms with Gasteiger partial charge in [0.05, 0.1) is 0 Å². The van der Waals surface area contributed by atoms with Gasteiger partial charge in [0, 0.05) is 24.6 Å². The van der Waals surface area contributed by atoms with E-state index in [1.165, 1.54) is 11.3 Å². The summed E-state index contributed by atoms with van der Waals surface area (Å²) in [5.74, 6) is 0.157. The van der Waals surface area contributed by atoms with Crippen LogP contribution in [0.5, 0.6) is 0 Å². The van der Waals surface area contributed by atoms with Crippen LogP contribution >= 0.6 is 27.3 Å². The van der Waals surface area contributed by atoms with Gasteiger partial charge in [0.1, 0.15) is 10.7 Å². The summed E-state index contributed by atoms with van der Waals surface area (Å²) in [6, 6.07) is 7.83. The van der Waals surface area contributed by atoms with Crippen LogP contribution in [0.1, 0.15) is 22.2 Å². The van der Waals surface area contributed by atoms with Gasteiger partial charge in [0.2, 0.25) is 0 Å². The van der Waals surface area contributed by atoms with Crippen molar-refractivity contribution in [1.29, 1.82) is 0 Å². The van der Waals surface area contributed by atoms with Crippen molar-refractivity contribution in [2.24, 2.45) is 0 Å². The molecule has 0 saturated carbocycles. The number of thiazole rings is 1. The van der Waals surface area contributed by atoms with Crippen LogP contribution in [0.15, 0.2) is 28.7 Å². The molecule has 7 heteroatoms. The quantitative estimate of drug-likeness (QED) is 0.849. The number of nitrogens with zero attached hydrogens (tertiary/aromatic N) is 2. The minimum absolute atomic E-state index is 0.120. The zero-order valence-electron chi connectivity index (χ0n) is 11.9. The number of rotatable bonds is 5. The first-order chi connectivity index (χ1) is 10.0. The number of anilines is 2. The van der Waals surface area contributed by atoms with Crippen molar-refractivity contribution in [3.05, 3.63) is 39.2 Å². The zero-order valence-corrected chi connectivity index (χ0v) is 14.3. The van der Waals surface area contributed by atoms with E-state index in [0.29, 0.717) is 16.6 Å². The van der Waals surface area contributed by atoms with Gasteiger partial charge >= 0.3 is 0 Å². The van der Waals surface area contributed by atoms with Gasteiger partial charge in [-0.2, -0.15) is 0 Å². The van der Waals surface area contributed by atoms with Crippen molar-refractivity contribution in [2.75, 3.05) is 24.6 Å². The maximum atomic E-state index is 12.5. The second kappa shape index (κ2) is 6.91. The molecule has 2 aromatic rings. The van der Waals surface area contributed by atoms with Crippen molar-refractivity contribution in [3.8, 4) is 0 Å². The number of nitrogens with two attached hydrogens (primary N) is 1. The molecule has 0 aliphatic carbocycles. The first-order valence-electron chi connectivity index (χ1n) is 6.52. The molecule has 5 nitrogen and oxygen atoms in total. The lowest BCUT2D eigenvalue weighted by atomic mass is 10.2. The van der Waals surface area contributed by atoms with Crippen LogP contribution in [0, 0.1) is 0 Å². The summed E-state index contributed by atoms with van der Waals surface area (Å²) >= 11 is 4.77. The lowest BCUT2D eigenvalue weighted by molar-refractivity contribution is 0.0790. The Balaban J connectivity index is 2.14. The van der Waals surface area contributed by atoms with Crippen molar-refractivity contribution in [3.63, 3.8) is 0 Å². The van der Waals surface area contributed by atoms with Crippen LogP contribution in [-0.2, 0) is 6.54 Å². The molecular weight excluding hydrogens is 352 g/mol. The topological polar surface area (TPSA) is 71.2 Å². The Morgan fingerprint density at radius 1 is 1.48 bits per heavy atom. The number of nitrogens with one attached hydrogen (secondary N) is 1. The van der Waals surface area contributed by atoms with Gasteiger partial charge in [-0.15, -0.1) is 0 Å². The molecule has 0 atom stereocenters. The number of hydrogen-bond donors (Lipinski definition) is 2. The second-order valence-electron chi connectivity index (χ2n) is 4.52. The van der Waals surface area contributed by atoms with E-state index in [4.69, 9.17) is 5.73 Å². The van der Waals surface area contributed by atoms with E-state index in [2.05, 4.69) is 26.2 Å². The Kier molecular flexibility index (Phi) is 5.19. The van der Waals surface area contributed by atoms with E-state index >= 15 is 0 Å². The summed E-state index contributed by atoms with van der Waals surface area (Å²) in [6.07, 6.45) is 0. The molecule has 0 fully saturated rings. The average Bonchev–Trinajstić information content (AvgIpc) is 2.81. The highest BCUT2D eigenvalue weighted by molar-refractivity contribution is 9.10. The number of carbonyl (C=O) groups is 1. The predicted octanol–water partition coefficient (Wildman–Crippen LogP) is 3.19. The minimum atomic E-state index is -0.120. The SMILES string of the molecule is CCNc1nc(N)c(C(=O)N(C)Cc2ccccc2Br)s1. The van der Waals surface area contributed by atoms with E-state index < -0.39 is 0 Å². The molecule has 0 aliphatic rings. The molecule has 0 radical (unpaired) electrons. The molecule has 1 aromatic carbocycles. The van der Waals surface area contributed by atoms with Gasteiger partial charge in [0.15, 0.2) is 5.13 Å². The minimum Gasteiger partial charge on any atom is -0.382 e. The highest BCUT2D eigenvalue weighted by Gasteiger charge is 2.20. The number of nitrogen functional groups attached to an aromatic ring is 1. The third kappa shape index (κ3) is 3.74. The summed E-state index contributed by atoms with van der Waals surface area (Å²) in [5.41, 5.74) is 6.88. The van der Waals surface area contributed by atoms with Gasteiger partial charge < -0.3 is 16.0 Å². The van der Waals surface area contributed by atoms with E-state index in [9.17, 15) is 4.79 Å². The molecule has 1 heterocycles. The lowest BCUT2D eigenvalue weighted by Gasteiger charge is -2.17. The Morgan fingerprint density at radius 2 is 2.19 bits per heavy atom. The number of benzene rings is 1. The smallest absolute Gasteiger partial charge is 0.267 e. The molecule has 1 aromatic heterocycles. The van der Waals surface area contributed by atoms with Crippen LogP contribution in [0.25, 0.3) is 0 Å². The highest BCUT2D eigenvalue weighted by Crippen LogP contribution is 2.27. The van der Waals surface area contributed by atoms with Crippen molar-refractivity contribution in [2.45, 2.75) is 13.5 Å². The van der Waals surface area contributed by atoms with E-state index in [1.54, 1.807) is 11.9 Å². The molecule has 1 amide bonds. The summed E-state index contributed by atoms with van der Waals surface area (Å²) in [5, 5.41) is 3.74. The number of amides is 1. The third-order valence-corrected chi connectivity index (χ3v) is 4.68. The maximum absolute atomic E-state index is 12.5. The molecule has 0 aliphatic heterocycles. The molecule has 0 saturated heterocycles. The number of hydrogen-bond acceptors (Lipinski definition) is 5. The Bertz CT molecular complexity index is 644. The van der Waals surface area contributed by atoms with Gasteiger partial charge in [0.25, 0.3) is 5.91 Å². The largest absolute Gasteiger partial charge is 0.382 e. The Labute approximate surface area is 136 Å². The van der Waals surface area contributed by atoms with Gasteiger partial charge in [-0.3, -0.25) is 4.79 Å². The van der Waals surface area contributed by atoms with Crippen LogP contribution in [0.4, 0.5) is 10.9 Å². The fourth-order valence-corrected chi connectivity index (χ4v) is 3.20. The molecular formula is C14H17BrN4OS. The Morgan fingerprint density at radius 3 is 2.86 bits per heavy atom. The third-order valence-electron chi connectivity index (χ3n) is 2.89. The fourth-order valence-electron chi connectivity index (χ4n) is 1.84. The summed E-state index contributed by atoms with van der Waals surface area (Å²) < 4.78 is 0.982. The molecule has 21 heavy (non-hydrogen) atoms. The maximum Gasteiger partial charge on any atom is 0.267 e. The van der Waals surface area contributed by atoms with Crippen LogP contribution in [-0.4, -0.2) is 29.4 Å². The number of halogens is 1. The van der Waals surface area contributed by atoms with E-state index in [-0.39, 0.29) is 11.7 Å². The standard InChI is InChI=1S/C14H17BrN4OS/c1-3-17-14-18-12(16)11(21-14)13(20)19(2)8-9-6-4-5-7-10(9)15/h4-7H,3,8,16H2,1-2H3,(H,17,18). The molecule has 0 spiro atoms. The van der Waals surface area contributed by atoms with E-state index in [1.807, 2.05) is 31.2 Å².